The van der Waals surface area contributed by atoms with E-state index in [-0.39, 0.29) is 6.67 Å². The van der Waals surface area contributed by atoms with Crippen LogP contribution in [0, 0.1) is 0 Å². The van der Waals surface area contributed by atoms with E-state index in [2.05, 4.69) is 4.90 Å². The van der Waals surface area contributed by atoms with E-state index in [0.717, 1.165) is 38.9 Å². The van der Waals surface area contributed by atoms with Gasteiger partial charge in [0.05, 0.1) is 12.3 Å². The summed E-state index contributed by atoms with van der Waals surface area (Å²) in [6.45, 7) is 4.42. The average molecular weight is 189 g/mol. The van der Waals surface area contributed by atoms with Crippen molar-refractivity contribution in [1.82, 2.24) is 4.90 Å². The molecule has 0 aliphatic carbocycles. The SMILES string of the molecule is CC1(O)CCCN(CCCF)CC1. The molecular weight excluding hydrogens is 169 g/mol. The molecule has 0 bridgehead atoms. The number of hydrogen-bond donors (Lipinski definition) is 1. The summed E-state index contributed by atoms with van der Waals surface area (Å²) in [5, 5.41) is 9.80. The van der Waals surface area contributed by atoms with Crippen molar-refractivity contribution in [2.24, 2.45) is 0 Å². The average Bonchev–Trinajstić information content (AvgIpc) is 2.23. The van der Waals surface area contributed by atoms with Gasteiger partial charge in [0.25, 0.3) is 0 Å². The molecule has 3 heteroatoms. The van der Waals surface area contributed by atoms with E-state index in [4.69, 9.17) is 0 Å². The van der Waals surface area contributed by atoms with Gasteiger partial charge in [-0.05, 0) is 39.2 Å². The lowest BCUT2D eigenvalue weighted by atomic mass is 9.98. The van der Waals surface area contributed by atoms with Crippen LogP contribution in [0.5, 0.6) is 0 Å². The van der Waals surface area contributed by atoms with Crippen molar-refractivity contribution in [3.63, 3.8) is 0 Å². The minimum atomic E-state index is -0.496. The van der Waals surface area contributed by atoms with E-state index in [9.17, 15) is 9.50 Å². The van der Waals surface area contributed by atoms with E-state index < -0.39 is 5.60 Å². The van der Waals surface area contributed by atoms with Crippen molar-refractivity contribution >= 4 is 0 Å². The fourth-order valence-corrected chi connectivity index (χ4v) is 1.83. The maximum atomic E-state index is 11.9. The van der Waals surface area contributed by atoms with Crippen LogP contribution in [0.1, 0.15) is 32.6 Å². The Morgan fingerprint density at radius 3 is 2.85 bits per heavy atom. The molecule has 1 N–H and O–H groups in total. The Hall–Kier alpha value is -0.150. The highest BCUT2D eigenvalue weighted by Crippen LogP contribution is 2.21. The van der Waals surface area contributed by atoms with Crippen molar-refractivity contribution < 1.29 is 9.50 Å². The van der Waals surface area contributed by atoms with Gasteiger partial charge in [0.1, 0.15) is 0 Å². The quantitative estimate of drug-likeness (QED) is 0.728. The van der Waals surface area contributed by atoms with Gasteiger partial charge in [-0.1, -0.05) is 0 Å². The first-order chi connectivity index (χ1) is 6.14. The second-order valence-electron chi connectivity index (χ2n) is 4.23. The number of alkyl halides is 1. The first kappa shape index (κ1) is 10.9. The number of nitrogens with zero attached hydrogens (tertiary/aromatic N) is 1. The molecule has 1 aliphatic heterocycles. The molecule has 2 nitrogen and oxygen atoms in total. The van der Waals surface area contributed by atoms with Crippen LogP contribution < -0.4 is 0 Å². The zero-order valence-corrected chi connectivity index (χ0v) is 8.43. The predicted molar refractivity (Wildman–Crippen MR) is 51.5 cm³/mol. The van der Waals surface area contributed by atoms with Gasteiger partial charge in [0, 0.05) is 13.1 Å². The first-order valence-electron chi connectivity index (χ1n) is 5.15. The summed E-state index contributed by atoms with van der Waals surface area (Å²) in [7, 11) is 0. The highest BCUT2D eigenvalue weighted by molar-refractivity contribution is 4.78. The molecule has 1 atom stereocenters. The van der Waals surface area contributed by atoms with Crippen LogP contribution in [0.15, 0.2) is 0 Å². The van der Waals surface area contributed by atoms with Crippen molar-refractivity contribution in [3.05, 3.63) is 0 Å². The van der Waals surface area contributed by atoms with Gasteiger partial charge < -0.3 is 10.0 Å². The van der Waals surface area contributed by atoms with Crippen molar-refractivity contribution in [1.29, 1.82) is 0 Å². The molecule has 78 valence electrons. The highest BCUT2D eigenvalue weighted by Gasteiger charge is 2.24. The summed E-state index contributed by atoms with van der Waals surface area (Å²) in [4.78, 5) is 2.25. The molecule has 1 aliphatic rings. The zero-order chi connectivity index (χ0) is 9.73. The van der Waals surface area contributed by atoms with E-state index in [1.54, 1.807) is 0 Å². The van der Waals surface area contributed by atoms with E-state index in [1.165, 1.54) is 0 Å². The molecule has 0 saturated carbocycles. The summed E-state index contributed by atoms with van der Waals surface area (Å²) in [5.74, 6) is 0. The van der Waals surface area contributed by atoms with Crippen molar-refractivity contribution in [3.8, 4) is 0 Å². The Bertz CT molecular complexity index is 150. The number of rotatable bonds is 3. The van der Waals surface area contributed by atoms with Gasteiger partial charge >= 0.3 is 0 Å². The Balaban J connectivity index is 2.28. The first-order valence-corrected chi connectivity index (χ1v) is 5.15. The number of halogens is 1. The Morgan fingerprint density at radius 1 is 1.38 bits per heavy atom. The molecule has 0 aromatic carbocycles. The Morgan fingerprint density at radius 2 is 2.15 bits per heavy atom. The number of aliphatic hydroxyl groups is 1. The van der Waals surface area contributed by atoms with Gasteiger partial charge in [0.15, 0.2) is 0 Å². The maximum Gasteiger partial charge on any atom is 0.0906 e. The smallest absolute Gasteiger partial charge is 0.0906 e. The number of hydrogen-bond acceptors (Lipinski definition) is 2. The summed E-state index contributed by atoms with van der Waals surface area (Å²) in [5.41, 5.74) is -0.496. The third kappa shape index (κ3) is 4.05. The normalized spacial score (nSPS) is 31.6. The minimum absolute atomic E-state index is 0.229. The van der Waals surface area contributed by atoms with Gasteiger partial charge in [0.2, 0.25) is 0 Å². The topological polar surface area (TPSA) is 23.5 Å². The van der Waals surface area contributed by atoms with Gasteiger partial charge in [-0.15, -0.1) is 0 Å². The molecule has 1 fully saturated rings. The van der Waals surface area contributed by atoms with Crippen LogP contribution in [-0.4, -0.2) is 41.9 Å². The van der Waals surface area contributed by atoms with Crippen LogP contribution in [-0.2, 0) is 0 Å². The van der Waals surface area contributed by atoms with Crippen LogP contribution >= 0.6 is 0 Å². The molecule has 0 radical (unpaired) electrons. The third-order valence-electron chi connectivity index (χ3n) is 2.76. The molecular formula is C10H20FNO. The molecule has 0 amide bonds. The maximum absolute atomic E-state index is 11.9. The van der Waals surface area contributed by atoms with E-state index in [1.807, 2.05) is 6.92 Å². The molecule has 1 rings (SSSR count). The van der Waals surface area contributed by atoms with Crippen LogP contribution in [0.3, 0.4) is 0 Å². The summed E-state index contributed by atoms with van der Waals surface area (Å²) in [6, 6.07) is 0. The summed E-state index contributed by atoms with van der Waals surface area (Å²) >= 11 is 0. The van der Waals surface area contributed by atoms with Gasteiger partial charge in [-0.25, -0.2) is 0 Å². The predicted octanol–water partition coefficient (Wildman–Crippen LogP) is 1.58. The fourth-order valence-electron chi connectivity index (χ4n) is 1.83. The van der Waals surface area contributed by atoms with Crippen molar-refractivity contribution in [2.75, 3.05) is 26.3 Å². The lowest BCUT2D eigenvalue weighted by Gasteiger charge is -2.21. The monoisotopic (exact) mass is 189 g/mol. The molecule has 1 unspecified atom stereocenters. The van der Waals surface area contributed by atoms with E-state index >= 15 is 0 Å². The second-order valence-corrected chi connectivity index (χ2v) is 4.23. The Labute approximate surface area is 79.7 Å². The zero-order valence-electron chi connectivity index (χ0n) is 8.43. The molecule has 0 aromatic heterocycles. The third-order valence-corrected chi connectivity index (χ3v) is 2.76. The van der Waals surface area contributed by atoms with Crippen LogP contribution in [0.25, 0.3) is 0 Å². The highest BCUT2D eigenvalue weighted by atomic mass is 19.1. The summed E-state index contributed by atoms with van der Waals surface area (Å²) in [6.07, 6.45) is 3.35. The van der Waals surface area contributed by atoms with Crippen molar-refractivity contribution in [2.45, 2.75) is 38.2 Å². The lowest BCUT2D eigenvalue weighted by Crippen LogP contribution is -2.29. The van der Waals surface area contributed by atoms with Crippen LogP contribution in [0.4, 0.5) is 4.39 Å². The lowest BCUT2D eigenvalue weighted by molar-refractivity contribution is 0.0446. The molecule has 0 aromatic rings. The molecule has 13 heavy (non-hydrogen) atoms. The van der Waals surface area contributed by atoms with Gasteiger partial charge in [-0.2, -0.15) is 0 Å². The fraction of sp³-hybridized carbons (Fsp3) is 1.00. The second kappa shape index (κ2) is 4.91. The summed E-state index contributed by atoms with van der Waals surface area (Å²) < 4.78 is 11.9. The van der Waals surface area contributed by atoms with Gasteiger partial charge in [-0.3, -0.25) is 4.39 Å². The largest absolute Gasteiger partial charge is 0.390 e. The van der Waals surface area contributed by atoms with Crippen LogP contribution in [0.2, 0.25) is 0 Å². The molecule has 1 saturated heterocycles. The standard InChI is InChI=1S/C10H20FNO/c1-10(13)4-2-7-12(9-5-10)8-3-6-11/h13H,2-9H2,1H3. The molecule has 0 spiro atoms. The Kier molecular flexibility index (Phi) is 4.13. The van der Waals surface area contributed by atoms with E-state index in [0.29, 0.717) is 6.42 Å². The molecule has 1 heterocycles. The number of likely N-dealkylation sites (tertiary alicyclic amines) is 1. The minimum Gasteiger partial charge on any atom is -0.390 e.